The summed E-state index contributed by atoms with van der Waals surface area (Å²) in [6.45, 7) is 2.73. The monoisotopic (exact) mass is 254 g/mol. The van der Waals surface area contributed by atoms with E-state index in [-0.39, 0.29) is 16.1 Å². The molecule has 0 aromatic carbocycles. The van der Waals surface area contributed by atoms with E-state index in [0.29, 0.717) is 5.75 Å². The summed E-state index contributed by atoms with van der Waals surface area (Å²) in [6, 6.07) is 0. The van der Waals surface area contributed by atoms with Gasteiger partial charge in [-0.05, 0) is 26.2 Å². The van der Waals surface area contributed by atoms with Gasteiger partial charge in [-0.1, -0.05) is 23.2 Å². The van der Waals surface area contributed by atoms with Crippen molar-refractivity contribution in [1.82, 2.24) is 0 Å². The number of Topliss-reactive ketones (excluding diaryl/α,β-unsaturated/α-hetero) is 2. The highest BCUT2D eigenvalue weighted by Gasteiger charge is 2.38. The maximum Gasteiger partial charge on any atom is 0.148 e. The van der Waals surface area contributed by atoms with E-state index in [1.165, 1.54) is 31.7 Å². The van der Waals surface area contributed by atoms with Crippen LogP contribution < -0.4 is 0 Å². The van der Waals surface area contributed by atoms with Crippen molar-refractivity contribution >= 4 is 46.5 Å². The molecular formula is C9H12Cl2O2S. The van der Waals surface area contributed by atoms with Crippen LogP contribution >= 0.6 is 35.0 Å². The number of rotatable bonds is 5. The van der Waals surface area contributed by atoms with E-state index in [1.807, 2.05) is 6.26 Å². The lowest BCUT2D eigenvalue weighted by molar-refractivity contribution is -0.133. The Kier molecular flexibility index (Phi) is 5.79. The summed E-state index contributed by atoms with van der Waals surface area (Å²) in [5.41, 5.74) is -1.17. The molecule has 0 aromatic heterocycles. The number of thioether (sulfide) groups is 1. The third-order valence-corrected chi connectivity index (χ3v) is 2.95. The lowest BCUT2D eigenvalue weighted by Gasteiger charge is -2.23. The van der Waals surface area contributed by atoms with Gasteiger partial charge >= 0.3 is 0 Å². The Balaban J connectivity index is 5.27. The number of hydrogen-bond donors (Lipinski definition) is 0. The number of halogens is 2. The van der Waals surface area contributed by atoms with Crippen LogP contribution in [0, 0.1) is 5.41 Å². The SMILES string of the molecule is CSCC(C=C(Cl)Cl)(C(C)=O)C(C)=O. The van der Waals surface area contributed by atoms with Crippen LogP contribution in [-0.2, 0) is 9.59 Å². The zero-order valence-electron chi connectivity index (χ0n) is 8.27. The first-order valence-electron chi connectivity index (χ1n) is 3.91. The summed E-state index contributed by atoms with van der Waals surface area (Å²) in [6.07, 6.45) is 3.13. The number of hydrogen-bond acceptors (Lipinski definition) is 3. The molecule has 5 heteroatoms. The van der Waals surface area contributed by atoms with E-state index in [1.54, 1.807) is 0 Å². The quantitative estimate of drug-likeness (QED) is 0.708. The van der Waals surface area contributed by atoms with Crippen molar-refractivity contribution in [3.63, 3.8) is 0 Å². The molecule has 0 aromatic rings. The first-order valence-corrected chi connectivity index (χ1v) is 6.06. The van der Waals surface area contributed by atoms with Gasteiger partial charge in [-0.3, -0.25) is 9.59 Å². The van der Waals surface area contributed by atoms with Crippen LogP contribution in [0.2, 0.25) is 0 Å². The van der Waals surface area contributed by atoms with E-state index in [4.69, 9.17) is 23.2 Å². The standard InChI is InChI=1S/C9H12Cl2O2S/c1-6(12)9(5-14-3,7(2)13)4-8(10)11/h4H,5H2,1-3H3. The molecule has 2 nitrogen and oxygen atoms in total. The largest absolute Gasteiger partial charge is 0.299 e. The Morgan fingerprint density at radius 2 is 1.71 bits per heavy atom. The van der Waals surface area contributed by atoms with Crippen molar-refractivity contribution in [2.24, 2.45) is 5.41 Å². The predicted molar refractivity (Wildman–Crippen MR) is 62.0 cm³/mol. The third kappa shape index (κ3) is 3.30. The van der Waals surface area contributed by atoms with Gasteiger partial charge in [0.25, 0.3) is 0 Å². The Morgan fingerprint density at radius 3 is 1.93 bits per heavy atom. The van der Waals surface area contributed by atoms with Crippen molar-refractivity contribution < 1.29 is 9.59 Å². The molecule has 14 heavy (non-hydrogen) atoms. The minimum Gasteiger partial charge on any atom is -0.299 e. The van der Waals surface area contributed by atoms with Gasteiger partial charge in [0, 0.05) is 5.75 Å². The summed E-state index contributed by atoms with van der Waals surface area (Å²) < 4.78 is -0.0514. The molecule has 0 amide bonds. The smallest absolute Gasteiger partial charge is 0.148 e. The lowest BCUT2D eigenvalue weighted by atomic mass is 9.82. The zero-order valence-corrected chi connectivity index (χ0v) is 10.6. The number of ketones is 2. The Labute approximate surface area is 98.0 Å². The van der Waals surface area contributed by atoms with Crippen LogP contribution in [0.3, 0.4) is 0 Å². The summed E-state index contributed by atoms with van der Waals surface area (Å²) >= 11 is 12.4. The minimum absolute atomic E-state index is 0.0514. The average molecular weight is 255 g/mol. The third-order valence-electron chi connectivity index (χ3n) is 1.98. The van der Waals surface area contributed by atoms with Gasteiger partial charge in [-0.2, -0.15) is 11.8 Å². The highest BCUT2D eigenvalue weighted by Crippen LogP contribution is 2.30. The molecule has 0 spiro atoms. The summed E-state index contributed by atoms with van der Waals surface area (Å²) in [5.74, 6) is -0.114. The first kappa shape index (κ1) is 14.0. The lowest BCUT2D eigenvalue weighted by Crippen LogP contribution is -2.37. The highest BCUT2D eigenvalue weighted by atomic mass is 35.5. The number of carbonyl (C=O) groups is 2. The van der Waals surface area contributed by atoms with Crippen LogP contribution in [0.1, 0.15) is 13.8 Å². The Hall–Kier alpha value is 0.01000. The summed E-state index contributed by atoms with van der Waals surface area (Å²) in [4.78, 5) is 22.9. The molecule has 80 valence electrons. The van der Waals surface area contributed by atoms with E-state index >= 15 is 0 Å². The molecule has 0 aliphatic heterocycles. The molecule has 0 saturated carbocycles. The fourth-order valence-electron chi connectivity index (χ4n) is 1.11. The van der Waals surface area contributed by atoms with Crippen molar-refractivity contribution in [2.75, 3.05) is 12.0 Å². The van der Waals surface area contributed by atoms with Gasteiger partial charge < -0.3 is 0 Å². The normalized spacial score (nSPS) is 10.9. The van der Waals surface area contributed by atoms with Gasteiger partial charge in [0.1, 0.15) is 21.5 Å². The van der Waals surface area contributed by atoms with E-state index < -0.39 is 5.41 Å². The van der Waals surface area contributed by atoms with Crippen molar-refractivity contribution in [1.29, 1.82) is 0 Å². The van der Waals surface area contributed by atoms with Crippen molar-refractivity contribution in [2.45, 2.75) is 13.8 Å². The molecular weight excluding hydrogens is 243 g/mol. The molecule has 0 rings (SSSR count). The van der Waals surface area contributed by atoms with Crippen LogP contribution in [0.25, 0.3) is 0 Å². The molecule has 0 fully saturated rings. The topological polar surface area (TPSA) is 34.1 Å². The Morgan fingerprint density at radius 1 is 1.29 bits per heavy atom. The minimum atomic E-state index is -1.17. The first-order chi connectivity index (χ1) is 6.36. The Bertz CT molecular complexity index is 256. The van der Waals surface area contributed by atoms with Gasteiger partial charge in [0.05, 0.1) is 0 Å². The molecule has 0 aliphatic rings. The second kappa shape index (κ2) is 5.79. The molecule has 0 saturated heterocycles. The molecule has 0 aliphatic carbocycles. The highest BCUT2D eigenvalue weighted by molar-refractivity contribution is 7.98. The molecule has 0 atom stereocenters. The second-order valence-electron chi connectivity index (χ2n) is 2.95. The van der Waals surface area contributed by atoms with Gasteiger partial charge in [0.2, 0.25) is 0 Å². The maximum atomic E-state index is 11.4. The van der Waals surface area contributed by atoms with E-state index in [2.05, 4.69) is 0 Å². The molecule has 0 heterocycles. The van der Waals surface area contributed by atoms with Crippen molar-refractivity contribution in [3.05, 3.63) is 10.6 Å². The van der Waals surface area contributed by atoms with Gasteiger partial charge in [0.15, 0.2) is 0 Å². The maximum absolute atomic E-state index is 11.4. The second-order valence-corrected chi connectivity index (χ2v) is 4.82. The van der Waals surface area contributed by atoms with E-state index in [0.717, 1.165) is 0 Å². The van der Waals surface area contributed by atoms with Crippen LogP contribution in [0.15, 0.2) is 10.6 Å². The van der Waals surface area contributed by atoms with Crippen LogP contribution in [-0.4, -0.2) is 23.6 Å². The molecule has 0 N–H and O–H groups in total. The van der Waals surface area contributed by atoms with Crippen LogP contribution in [0.4, 0.5) is 0 Å². The fourth-order valence-corrected chi connectivity index (χ4v) is 2.43. The number of carbonyl (C=O) groups excluding carboxylic acids is 2. The molecule has 0 unspecified atom stereocenters. The summed E-state index contributed by atoms with van der Waals surface area (Å²) in [5, 5.41) is 0. The van der Waals surface area contributed by atoms with E-state index in [9.17, 15) is 9.59 Å². The van der Waals surface area contributed by atoms with Crippen molar-refractivity contribution in [3.8, 4) is 0 Å². The van der Waals surface area contributed by atoms with Gasteiger partial charge in [-0.25, -0.2) is 0 Å². The molecule has 0 bridgehead atoms. The molecule has 0 radical (unpaired) electrons. The predicted octanol–water partition coefficient (Wildman–Crippen LogP) is 2.83. The number of allylic oxidation sites excluding steroid dienone is 1. The fraction of sp³-hybridized carbons (Fsp3) is 0.556. The zero-order chi connectivity index (χ0) is 11.4. The summed E-state index contributed by atoms with van der Waals surface area (Å²) in [7, 11) is 0. The average Bonchev–Trinajstić information content (AvgIpc) is 2.01. The van der Waals surface area contributed by atoms with Gasteiger partial charge in [-0.15, -0.1) is 0 Å². The van der Waals surface area contributed by atoms with Crippen LogP contribution in [0.5, 0.6) is 0 Å².